The Labute approximate surface area is 152 Å². The van der Waals surface area contributed by atoms with Gasteiger partial charge < -0.3 is 21.1 Å². The third kappa shape index (κ3) is 7.09. The number of rotatable bonds is 7. The van der Waals surface area contributed by atoms with Crippen molar-refractivity contribution in [2.45, 2.75) is 13.0 Å². The van der Waals surface area contributed by atoms with Crippen LogP contribution in [-0.2, 0) is 9.59 Å². The summed E-state index contributed by atoms with van der Waals surface area (Å²) in [5.74, 6) is 0.292. The summed E-state index contributed by atoms with van der Waals surface area (Å²) in [6.07, 6.45) is -0.400. The molecule has 0 aliphatic carbocycles. The van der Waals surface area contributed by atoms with Gasteiger partial charge in [-0.1, -0.05) is 17.7 Å². The van der Waals surface area contributed by atoms with Gasteiger partial charge >= 0.3 is 0 Å². The summed E-state index contributed by atoms with van der Waals surface area (Å²) in [6.45, 7) is 3.74. The molecule has 0 spiro atoms. The fourth-order valence-electron chi connectivity index (χ4n) is 2.29. The van der Waals surface area contributed by atoms with Gasteiger partial charge in [0.05, 0.1) is 17.6 Å². The molecule has 1 aromatic rings. The second-order valence-electron chi connectivity index (χ2n) is 5.70. The first-order valence-electron chi connectivity index (χ1n) is 7.64. The number of hydrogen-bond acceptors (Lipinski definition) is 5. The van der Waals surface area contributed by atoms with Crippen molar-refractivity contribution in [3.8, 4) is 0 Å². The monoisotopic (exact) mass is 373 g/mol. The normalized spacial score (nSPS) is 19.4. The van der Waals surface area contributed by atoms with Crippen molar-refractivity contribution in [1.82, 2.24) is 10.6 Å². The zero-order chi connectivity index (χ0) is 16.7. The summed E-state index contributed by atoms with van der Waals surface area (Å²) in [5, 5.41) is 18.3. The van der Waals surface area contributed by atoms with Crippen LogP contribution < -0.4 is 16.0 Å². The minimum Gasteiger partial charge on any atom is -0.391 e. The first-order valence-corrected chi connectivity index (χ1v) is 8.80. The van der Waals surface area contributed by atoms with Crippen LogP contribution in [-0.4, -0.2) is 54.2 Å². The minimum atomic E-state index is -0.400. The fourth-order valence-corrected chi connectivity index (χ4v) is 2.94. The average molecular weight is 374 g/mol. The average Bonchev–Trinajstić information content (AvgIpc) is 2.93. The molecule has 1 aromatic carbocycles. The molecule has 0 saturated carbocycles. The van der Waals surface area contributed by atoms with E-state index in [-0.39, 0.29) is 41.6 Å². The van der Waals surface area contributed by atoms with Crippen LogP contribution in [0.1, 0.15) is 5.56 Å². The summed E-state index contributed by atoms with van der Waals surface area (Å²) >= 11 is 1.27. The maximum atomic E-state index is 11.8. The second-order valence-corrected chi connectivity index (χ2v) is 6.68. The molecule has 1 fully saturated rings. The molecule has 1 aliphatic heterocycles. The molecule has 0 bridgehead atoms. The van der Waals surface area contributed by atoms with E-state index in [1.807, 2.05) is 31.2 Å². The van der Waals surface area contributed by atoms with Gasteiger partial charge in [0.1, 0.15) is 0 Å². The largest absolute Gasteiger partial charge is 0.391 e. The summed E-state index contributed by atoms with van der Waals surface area (Å²) in [4.78, 5) is 23.5. The third-order valence-electron chi connectivity index (χ3n) is 3.67. The molecule has 2 atom stereocenters. The van der Waals surface area contributed by atoms with E-state index in [0.29, 0.717) is 19.6 Å². The predicted octanol–water partition coefficient (Wildman–Crippen LogP) is 0.785. The Balaban J connectivity index is 0.00000288. The zero-order valence-corrected chi connectivity index (χ0v) is 15.2. The Morgan fingerprint density at radius 2 is 1.88 bits per heavy atom. The number of aliphatic hydroxyl groups excluding tert-OH is 1. The van der Waals surface area contributed by atoms with Crippen molar-refractivity contribution >= 4 is 41.7 Å². The molecule has 6 nitrogen and oxygen atoms in total. The number of benzene rings is 1. The Morgan fingerprint density at radius 3 is 2.50 bits per heavy atom. The summed E-state index contributed by atoms with van der Waals surface area (Å²) < 4.78 is 0. The lowest BCUT2D eigenvalue weighted by Crippen LogP contribution is -2.35. The van der Waals surface area contributed by atoms with Crippen molar-refractivity contribution in [2.24, 2.45) is 5.92 Å². The van der Waals surface area contributed by atoms with Crippen molar-refractivity contribution < 1.29 is 14.7 Å². The quantitative estimate of drug-likeness (QED) is 0.567. The number of halogens is 1. The van der Waals surface area contributed by atoms with E-state index in [9.17, 15) is 14.7 Å². The Morgan fingerprint density at radius 1 is 1.21 bits per heavy atom. The highest BCUT2D eigenvalue weighted by Crippen LogP contribution is 2.10. The van der Waals surface area contributed by atoms with Crippen molar-refractivity contribution in [1.29, 1.82) is 0 Å². The van der Waals surface area contributed by atoms with E-state index >= 15 is 0 Å². The smallest absolute Gasteiger partial charge is 0.234 e. The van der Waals surface area contributed by atoms with E-state index in [1.54, 1.807) is 0 Å². The first-order chi connectivity index (χ1) is 11.0. The Kier molecular flexibility index (Phi) is 9.13. The van der Waals surface area contributed by atoms with Crippen LogP contribution in [0.4, 0.5) is 5.69 Å². The topological polar surface area (TPSA) is 90.5 Å². The van der Waals surface area contributed by atoms with Crippen molar-refractivity contribution in [3.05, 3.63) is 29.8 Å². The molecule has 2 unspecified atom stereocenters. The van der Waals surface area contributed by atoms with Gasteiger partial charge in [-0.2, -0.15) is 0 Å². The number of thioether (sulfide) groups is 1. The van der Waals surface area contributed by atoms with Crippen LogP contribution in [0.15, 0.2) is 24.3 Å². The number of aliphatic hydroxyl groups is 1. The number of hydrogen-bond donors (Lipinski definition) is 4. The van der Waals surface area contributed by atoms with Gasteiger partial charge in [-0.15, -0.1) is 24.2 Å². The van der Waals surface area contributed by atoms with Crippen LogP contribution in [0, 0.1) is 12.8 Å². The van der Waals surface area contributed by atoms with Crippen molar-refractivity contribution in [2.75, 3.05) is 36.5 Å². The highest BCUT2D eigenvalue weighted by molar-refractivity contribution is 8.00. The van der Waals surface area contributed by atoms with E-state index in [2.05, 4.69) is 16.0 Å². The first kappa shape index (κ1) is 20.8. The van der Waals surface area contributed by atoms with E-state index in [0.717, 1.165) is 11.3 Å². The van der Waals surface area contributed by atoms with Gasteiger partial charge in [0, 0.05) is 31.2 Å². The van der Waals surface area contributed by atoms with Gasteiger partial charge in [-0.05, 0) is 19.1 Å². The van der Waals surface area contributed by atoms with Crippen LogP contribution in [0.3, 0.4) is 0 Å². The molecule has 1 aliphatic rings. The predicted molar refractivity (Wildman–Crippen MR) is 99.8 cm³/mol. The fraction of sp³-hybridized carbons (Fsp3) is 0.500. The van der Waals surface area contributed by atoms with Gasteiger partial charge in [0.25, 0.3) is 0 Å². The van der Waals surface area contributed by atoms with Crippen molar-refractivity contribution in [3.63, 3.8) is 0 Å². The van der Waals surface area contributed by atoms with Gasteiger partial charge in [-0.25, -0.2) is 0 Å². The lowest BCUT2D eigenvalue weighted by atomic mass is 10.1. The number of nitrogens with one attached hydrogen (secondary N) is 3. The van der Waals surface area contributed by atoms with Crippen LogP contribution in [0.5, 0.6) is 0 Å². The standard InChI is InChI=1S/C16H23N3O3S.ClH/c1-11-2-4-13(5-3-11)19-16(22)10-23-9-15(21)18-7-12-6-17-8-14(12)20;/h2-5,12,14,17,20H,6-10H2,1H3,(H,18,21)(H,19,22);1H. The zero-order valence-electron chi connectivity index (χ0n) is 13.6. The second kappa shape index (κ2) is 10.6. The molecule has 0 radical (unpaired) electrons. The highest BCUT2D eigenvalue weighted by atomic mass is 35.5. The van der Waals surface area contributed by atoms with E-state index in [1.165, 1.54) is 11.8 Å². The number of amides is 2. The maximum absolute atomic E-state index is 11.8. The molecule has 134 valence electrons. The van der Waals surface area contributed by atoms with Gasteiger partial charge in [0.15, 0.2) is 0 Å². The molecule has 1 heterocycles. The van der Waals surface area contributed by atoms with Crippen LogP contribution in [0.2, 0.25) is 0 Å². The summed E-state index contributed by atoms with van der Waals surface area (Å²) in [5.41, 5.74) is 1.89. The van der Waals surface area contributed by atoms with E-state index in [4.69, 9.17) is 0 Å². The highest BCUT2D eigenvalue weighted by Gasteiger charge is 2.24. The molecule has 1 saturated heterocycles. The molecule has 24 heavy (non-hydrogen) atoms. The maximum Gasteiger partial charge on any atom is 0.234 e. The van der Waals surface area contributed by atoms with Crippen LogP contribution in [0.25, 0.3) is 0 Å². The number of carbonyl (C=O) groups excluding carboxylic acids is 2. The number of aryl methyl sites for hydroxylation is 1. The molecule has 2 rings (SSSR count). The lowest BCUT2D eigenvalue weighted by Gasteiger charge is -2.13. The molecular weight excluding hydrogens is 350 g/mol. The molecule has 2 amide bonds. The summed E-state index contributed by atoms with van der Waals surface area (Å²) in [7, 11) is 0. The number of β-amino-alcohol motifs (C(OH)–C–C–N with tert-alkyl or cyclic N) is 1. The van der Waals surface area contributed by atoms with E-state index < -0.39 is 6.10 Å². The molecular formula is C16H24ClN3O3S. The number of anilines is 1. The van der Waals surface area contributed by atoms with Gasteiger partial charge in [0.2, 0.25) is 11.8 Å². The van der Waals surface area contributed by atoms with Crippen LogP contribution >= 0.6 is 24.2 Å². The molecule has 0 aromatic heterocycles. The molecule has 4 N–H and O–H groups in total. The minimum absolute atomic E-state index is 0. The Hall–Kier alpha value is -1.28. The third-order valence-corrected chi connectivity index (χ3v) is 4.60. The van der Waals surface area contributed by atoms with Gasteiger partial charge in [-0.3, -0.25) is 9.59 Å². The Bertz CT molecular complexity index is 542. The lowest BCUT2D eigenvalue weighted by molar-refractivity contribution is -0.118. The summed E-state index contributed by atoms with van der Waals surface area (Å²) in [6, 6.07) is 7.57. The number of carbonyl (C=O) groups is 2. The molecule has 8 heteroatoms. The SMILES string of the molecule is Cc1ccc(NC(=O)CSCC(=O)NCC2CNCC2O)cc1.Cl.